The predicted molar refractivity (Wildman–Crippen MR) is 111 cm³/mol. The summed E-state index contributed by atoms with van der Waals surface area (Å²) in [6.07, 6.45) is 0.747. The van der Waals surface area contributed by atoms with Gasteiger partial charge in [-0.1, -0.05) is 18.2 Å². The molecule has 2 saturated heterocycles. The lowest BCUT2D eigenvalue weighted by Crippen LogP contribution is -2.48. The number of piperidine rings is 1. The Morgan fingerprint density at radius 2 is 1.71 bits per heavy atom. The summed E-state index contributed by atoms with van der Waals surface area (Å²) in [5.74, 6) is -0.908. The van der Waals surface area contributed by atoms with Crippen molar-refractivity contribution in [1.82, 2.24) is 9.21 Å². The van der Waals surface area contributed by atoms with E-state index >= 15 is 0 Å². The number of anilines is 1. The maximum atomic E-state index is 13.7. The molecule has 2 aromatic carbocycles. The van der Waals surface area contributed by atoms with Crippen molar-refractivity contribution in [2.45, 2.75) is 23.8 Å². The molecule has 0 aromatic heterocycles. The summed E-state index contributed by atoms with van der Waals surface area (Å²) in [6.45, 7) is 0.259. The van der Waals surface area contributed by atoms with Crippen LogP contribution in [0.3, 0.4) is 0 Å². The number of carbonyl (C=O) groups is 2. The number of carbonyl (C=O) groups excluding carboxylic acids is 2. The summed E-state index contributed by atoms with van der Waals surface area (Å²) in [6, 6.07) is 11.4. The summed E-state index contributed by atoms with van der Waals surface area (Å²) in [4.78, 5) is 27.8. The third-order valence-corrected chi connectivity index (χ3v) is 7.53. The number of para-hydroxylation sites is 1. The van der Waals surface area contributed by atoms with E-state index < -0.39 is 21.9 Å². The zero-order valence-corrected chi connectivity index (χ0v) is 17.7. The van der Waals surface area contributed by atoms with Gasteiger partial charge in [0.05, 0.1) is 12.8 Å². The van der Waals surface area contributed by atoms with E-state index in [4.69, 9.17) is 4.74 Å². The van der Waals surface area contributed by atoms with Gasteiger partial charge < -0.3 is 9.64 Å². The van der Waals surface area contributed by atoms with Crippen molar-refractivity contribution in [3.05, 3.63) is 54.3 Å². The van der Waals surface area contributed by atoms with Gasteiger partial charge in [-0.3, -0.25) is 4.79 Å². The fourth-order valence-electron chi connectivity index (χ4n) is 4.02. The minimum absolute atomic E-state index is 0.0388. The smallest absolute Gasteiger partial charge is 0.332 e. The molecule has 0 radical (unpaired) electrons. The van der Waals surface area contributed by atoms with Crippen LogP contribution in [0.5, 0.6) is 5.75 Å². The molecule has 0 unspecified atom stereocenters. The van der Waals surface area contributed by atoms with Crippen molar-refractivity contribution in [3.8, 4) is 5.75 Å². The molecule has 0 bridgehead atoms. The first-order chi connectivity index (χ1) is 14.8. The lowest BCUT2D eigenvalue weighted by Gasteiger charge is -2.35. The third kappa shape index (κ3) is 3.88. The van der Waals surface area contributed by atoms with Gasteiger partial charge in [0.1, 0.15) is 23.0 Å². The molecule has 2 aliphatic heterocycles. The van der Waals surface area contributed by atoms with Gasteiger partial charge in [0.25, 0.3) is 5.91 Å². The van der Waals surface area contributed by atoms with E-state index in [0.717, 1.165) is 17.0 Å². The molecule has 0 saturated carbocycles. The van der Waals surface area contributed by atoms with Crippen LogP contribution < -0.4 is 9.64 Å². The van der Waals surface area contributed by atoms with Gasteiger partial charge in [0.15, 0.2) is 0 Å². The summed E-state index contributed by atoms with van der Waals surface area (Å²) >= 11 is 0. The van der Waals surface area contributed by atoms with E-state index in [0.29, 0.717) is 18.5 Å². The standard InChI is InChI=1S/C21H22FN3O5S/c1-30-18-8-7-15(22)13-19(18)31(28,29)23-11-9-16(10-12-23)24-14-20(26)25(21(24)27)17-5-3-2-4-6-17/h2-8,13,16H,9-12,14H2,1H3. The highest BCUT2D eigenvalue weighted by Gasteiger charge is 2.42. The van der Waals surface area contributed by atoms with E-state index in [1.165, 1.54) is 22.4 Å². The molecule has 10 heteroatoms. The van der Waals surface area contributed by atoms with Crippen LogP contribution in [0, 0.1) is 5.82 Å². The van der Waals surface area contributed by atoms with Crippen LogP contribution in [0.25, 0.3) is 0 Å². The highest BCUT2D eigenvalue weighted by molar-refractivity contribution is 7.89. The minimum atomic E-state index is -3.96. The summed E-state index contributed by atoms with van der Waals surface area (Å²) in [5.41, 5.74) is 0.512. The molecule has 2 aliphatic rings. The molecule has 164 valence electrons. The fraction of sp³-hybridized carbons (Fsp3) is 0.333. The Kier molecular flexibility index (Phi) is 5.67. The number of rotatable bonds is 5. The number of imide groups is 1. The van der Waals surface area contributed by atoms with Crippen molar-refractivity contribution < 1.29 is 27.1 Å². The molecule has 0 spiro atoms. The van der Waals surface area contributed by atoms with Gasteiger partial charge in [-0.25, -0.2) is 22.5 Å². The molecular weight excluding hydrogens is 425 g/mol. The molecule has 0 atom stereocenters. The Labute approximate surface area is 179 Å². The number of benzene rings is 2. The summed E-state index contributed by atoms with van der Waals surface area (Å²) in [5, 5.41) is 0. The first-order valence-corrected chi connectivity index (χ1v) is 11.3. The molecular formula is C21H22FN3O5S. The summed E-state index contributed by atoms with van der Waals surface area (Å²) in [7, 11) is -2.64. The Balaban J connectivity index is 1.47. The van der Waals surface area contributed by atoms with E-state index in [9.17, 15) is 22.4 Å². The van der Waals surface area contributed by atoms with Crippen LogP contribution in [-0.2, 0) is 14.8 Å². The maximum Gasteiger partial charge on any atom is 0.332 e. The Bertz CT molecular complexity index is 1100. The molecule has 8 nitrogen and oxygen atoms in total. The zero-order chi connectivity index (χ0) is 22.2. The number of amides is 3. The van der Waals surface area contributed by atoms with Crippen molar-refractivity contribution in [3.63, 3.8) is 0 Å². The second kappa shape index (κ2) is 8.27. The van der Waals surface area contributed by atoms with Crippen LogP contribution in [0.4, 0.5) is 14.9 Å². The SMILES string of the molecule is COc1ccc(F)cc1S(=O)(=O)N1CCC(N2CC(=O)N(c3ccccc3)C2=O)CC1. The van der Waals surface area contributed by atoms with Crippen molar-refractivity contribution in [2.75, 3.05) is 31.6 Å². The van der Waals surface area contributed by atoms with Crippen LogP contribution in [0.15, 0.2) is 53.4 Å². The Morgan fingerprint density at radius 1 is 1.03 bits per heavy atom. The van der Waals surface area contributed by atoms with Crippen LogP contribution in [0.2, 0.25) is 0 Å². The monoisotopic (exact) mass is 447 g/mol. The van der Waals surface area contributed by atoms with Gasteiger partial charge >= 0.3 is 6.03 Å². The lowest BCUT2D eigenvalue weighted by molar-refractivity contribution is -0.116. The molecule has 2 fully saturated rings. The number of halogens is 1. The molecule has 0 aliphatic carbocycles. The van der Waals surface area contributed by atoms with Crippen LogP contribution >= 0.6 is 0 Å². The highest BCUT2D eigenvalue weighted by atomic mass is 32.2. The average molecular weight is 447 g/mol. The maximum absolute atomic E-state index is 13.7. The molecule has 31 heavy (non-hydrogen) atoms. The van der Waals surface area contributed by atoms with Crippen LogP contribution in [-0.4, -0.2) is 62.3 Å². The van der Waals surface area contributed by atoms with E-state index in [1.807, 2.05) is 0 Å². The topological polar surface area (TPSA) is 87.2 Å². The first kappa shape index (κ1) is 21.3. The molecule has 0 N–H and O–H groups in total. The lowest BCUT2D eigenvalue weighted by atomic mass is 10.1. The number of hydrogen-bond donors (Lipinski definition) is 0. The van der Waals surface area contributed by atoms with Gasteiger partial charge in [-0.05, 0) is 43.2 Å². The second-order valence-corrected chi connectivity index (χ2v) is 9.31. The fourth-order valence-corrected chi connectivity index (χ4v) is 5.66. The number of hydrogen-bond acceptors (Lipinski definition) is 5. The Morgan fingerprint density at radius 3 is 2.35 bits per heavy atom. The van der Waals surface area contributed by atoms with E-state index in [1.54, 1.807) is 30.3 Å². The first-order valence-electron chi connectivity index (χ1n) is 9.85. The van der Waals surface area contributed by atoms with Crippen molar-refractivity contribution in [1.29, 1.82) is 0 Å². The molecule has 2 heterocycles. The van der Waals surface area contributed by atoms with Gasteiger partial charge in [-0.2, -0.15) is 4.31 Å². The molecule has 4 rings (SSSR count). The van der Waals surface area contributed by atoms with Gasteiger partial charge in [0, 0.05) is 19.1 Å². The number of nitrogens with zero attached hydrogens (tertiary/aromatic N) is 3. The third-order valence-electron chi connectivity index (χ3n) is 5.61. The van der Waals surface area contributed by atoms with Crippen LogP contribution in [0.1, 0.15) is 12.8 Å². The largest absolute Gasteiger partial charge is 0.495 e. The predicted octanol–water partition coefficient (Wildman–Crippen LogP) is 2.46. The average Bonchev–Trinajstić information content (AvgIpc) is 3.08. The summed E-state index contributed by atoms with van der Waals surface area (Å²) < 4.78 is 46.1. The number of sulfonamides is 1. The Hall–Kier alpha value is -2.98. The quantitative estimate of drug-likeness (QED) is 0.657. The normalized spacial score (nSPS) is 18.6. The molecule has 3 amide bonds. The minimum Gasteiger partial charge on any atom is -0.495 e. The highest BCUT2D eigenvalue weighted by Crippen LogP contribution is 2.31. The van der Waals surface area contributed by atoms with Gasteiger partial charge in [-0.15, -0.1) is 0 Å². The van der Waals surface area contributed by atoms with Gasteiger partial charge in [0.2, 0.25) is 10.0 Å². The van der Waals surface area contributed by atoms with Crippen molar-refractivity contribution >= 4 is 27.6 Å². The van der Waals surface area contributed by atoms with Crippen molar-refractivity contribution in [2.24, 2.45) is 0 Å². The van der Waals surface area contributed by atoms with E-state index in [-0.39, 0.29) is 42.2 Å². The number of urea groups is 1. The number of methoxy groups -OCH3 is 1. The number of ether oxygens (including phenoxy) is 1. The molecule has 2 aromatic rings. The zero-order valence-electron chi connectivity index (χ0n) is 16.9. The second-order valence-electron chi connectivity index (χ2n) is 7.41. The van der Waals surface area contributed by atoms with E-state index in [2.05, 4.69) is 0 Å².